The molecule has 3 aliphatic rings. The maximum Gasteiger partial charge on any atom is 0.273 e. The highest BCUT2D eigenvalue weighted by molar-refractivity contribution is 6.03. The lowest BCUT2D eigenvalue weighted by molar-refractivity contribution is -0.384. The van der Waals surface area contributed by atoms with Gasteiger partial charge in [-0.3, -0.25) is 14.9 Å². The lowest BCUT2D eigenvalue weighted by atomic mass is 9.55. The van der Waals surface area contributed by atoms with E-state index in [-0.39, 0.29) is 62.1 Å². The number of hydrogen-bond donors (Lipinski definition) is 2. The van der Waals surface area contributed by atoms with E-state index in [1.807, 2.05) is 74.2 Å². The van der Waals surface area contributed by atoms with E-state index in [2.05, 4.69) is 24.8 Å². The van der Waals surface area contributed by atoms with Gasteiger partial charge in [-0.15, -0.1) is 6.58 Å². The molecule has 6 unspecified atom stereocenters. The summed E-state index contributed by atoms with van der Waals surface area (Å²) in [6.07, 6.45) is 8.36. The van der Waals surface area contributed by atoms with Gasteiger partial charge in [0.2, 0.25) is 5.79 Å². The first-order valence-corrected chi connectivity index (χ1v) is 23.8. The average molecular weight is 933 g/mol. The van der Waals surface area contributed by atoms with Crippen LogP contribution in [0.25, 0.3) is 10.8 Å². The van der Waals surface area contributed by atoms with Crippen molar-refractivity contribution in [2.24, 2.45) is 22.9 Å². The number of aliphatic hydroxyl groups excluding tert-OH is 2. The van der Waals surface area contributed by atoms with Crippen LogP contribution in [0.5, 0.6) is 17.2 Å². The number of aliphatic hydroxyl groups is 2. The fourth-order valence-corrected chi connectivity index (χ4v) is 10.5. The summed E-state index contributed by atoms with van der Waals surface area (Å²) < 4.78 is 21.1. The minimum atomic E-state index is -1.56. The molecule has 358 valence electrons. The highest BCUT2D eigenvalue weighted by Crippen LogP contribution is 2.62. The molecule has 1 aliphatic heterocycles. The largest absolute Gasteiger partial charge is 0.459 e. The van der Waals surface area contributed by atoms with Crippen molar-refractivity contribution in [3.8, 4) is 23.3 Å². The summed E-state index contributed by atoms with van der Waals surface area (Å²) in [5.74, 6) is -1.60. The molecule has 0 radical (unpaired) electrons. The van der Waals surface area contributed by atoms with Crippen LogP contribution in [0.3, 0.4) is 0 Å². The average Bonchev–Trinajstić information content (AvgIpc) is 3.35. The third-order valence-electron chi connectivity index (χ3n) is 13.5. The van der Waals surface area contributed by atoms with Gasteiger partial charge in [-0.25, -0.2) is 0 Å². The van der Waals surface area contributed by atoms with Crippen molar-refractivity contribution in [3.63, 3.8) is 0 Å². The van der Waals surface area contributed by atoms with Crippen LogP contribution in [0.1, 0.15) is 98.7 Å². The van der Waals surface area contributed by atoms with E-state index in [1.54, 1.807) is 48.5 Å². The number of fused-ring (bicyclic) bond motifs is 3. The van der Waals surface area contributed by atoms with E-state index in [0.29, 0.717) is 46.9 Å². The number of non-ortho nitro benzene ring substituents is 1. The number of nitro benzene ring substituents is 1. The zero-order chi connectivity index (χ0) is 48.7. The highest BCUT2D eigenvalue weighted by atomic mass is 16.7. The molecule has 2 N–H and O–H groups in total. The molecule has 0 bridgehead atoms. The first-order valence-electron chi connectivity index (χ1n) is 23.8. The van der Waals surface area contributed by atoms with E-state index >= 15 is 4.79 Å². The van der Waals surface area contributed by atoms with Crippen molar-refractivity contribution in [1.29, 1.82) is 5.26 Å². The van der Waals surface area contributed by atoms with Crippen molar-refractivity contribution >= 4 is 28.1 Å². The number of hydrogen-bond acceptors (Lipinski definition) is 11. The Morgan fingerprint density at radius 1 is 0.957 bits per heavy atom. The second-order valence-electron chi connectivity index (χ2n) is 19.1. The van der Waals surface area contributed by atoms with Gasteiger partial charge < -0.3 is 34.2 Å². The van der Waals surface area contributed by atoms with E-state index in [4.69, 9.17) is 24.2 Å². The molecule has 13 nitrogen and oxygen atoms in total. The SMILES string of the molecule is C=CCOC12Oc3ccc(Oc4cccc([N+](=O)[O-])c4)cc3C3C(CCCCO)C(CCCCO)C=C(C(=NOC(C)(C)C)CC1N(Cc1cccc4ccccc14)C(=O)c1ccc(C#N)cc1)C32. The zero-order valence-electron chi connectivity index (χ0n) is 39.5. The summed E-state index contributed by atoms with van der Waals surface area (Å²) in [6.45, 7) is 10.2. The lowest BCUT2D eigenvalue weighted by Gasteiger charge is -2.60. The number of benzene rings is 5. The molecule has 0 spiro atoms. The molecule has 5 aromatic rings. The molecule has 5 aromatic carbocycles. The zero-order valence-corrected chi connectivity index (χ0v) is 39.5. The van der Waals surface area contributed by atoms with Gasteiger partial charge in [-0.05, 0) is 129 Å². The molecular weight excluding hydrogens is 873 g/mol. The van der Waals surface area contributed by atoms with E-state index < -0.39 is 28.3 Å². The number of nitro groups is 1. The van der Waals surface area contributed by atoms with Gasteiger partial charge >= 0.3 is 0 Å². The van der Waals surface area contributed by atoms with Crippen LogP contribution < -0.4 is 9.47 Å². The van der Waals surface area contributed by atoms with Gasteiger partial charge in [-0.2, -0.15) is 5.26 Å². The molecule has 69 heavy (non-hydrogen) atoms. The summed E-state index contributed by atoms with van der Waals surface area (Å²) in [4.78, 5) is 35.1. The third kappa shape index (κ3) is 10.4. The molecule has 1 saturated carbocycles. The summed E-state index contributed by atoms with van der Waals surface area (Å²) in [6, 6.07) is 33.7. The number of carbonyl (C=O) groups excluding carboxylic acids is 1. The Morgan fingerprint density at radius 2 is 1.68 bits per heavy atom. The quantitative estimate of drug-likeness (QED) is 0.0350. The fraction of sp³-hybridized carbons (Fsp3) is 0.375. The molecule has 2 aliphatic carbocycles. The topological polar surface area (TPSA) is 177 Å². The minimum absolute atomic E-state index is 0.0145. The van der Waals surface area contributed by atoms with Crippen molar-refractivity contribution in [2.45, 2.75) is 95.6 Å². The number of unbranched alkanes of at least 4 members (excludes halogenated alkanes) is 2. The van der Waals surface area contributed by atoms with Gasteiger partial charge in [0, 0.05) is 49.3 Å². The van der Waals surface area contributed by atoms with Crippen molar-refractivity contribution in [3.05, 3.63) is 166 Å². The maximum atomic E-state index is 15.6. The third-order valence-corrected chi connectivity index (χ3v) is 13.5. The first-order chi connectivity index (χ1) is 33.4. The summed E-state index contributed by atoms with van der Waals surface area (Å²) in [7, 11) is 0. The predicted molar refractivity (Wildman–Crippen MR) is 264 cm³/mol. The second kappa shape index (κ2) is 21.2. The molecule has 6 atom stereocenters. The van der Waals surface area contributed by atoms with Crippen molar-refractivity contribution in [1.82, 2.24) is 4.90 Å². The van der Waals surface area contributed by atoms with E-state index in [0.717, 1.165) is 53.2 Å². The summed E-state index contributed by atoms with van der Waals surface area (Å²) in [5, 5.41) is 48.6. The van der Waals surface area contributed by atoms with E-state index in [9.17, 15) is 25.6 Å². The Bertz CT molecular complexity index is 2770. The summed E-state index contributed by atoms with van der Waals surface area (Å²) >= 11 is 0. The Balaban J connectivity index is 1.39. The molecule has 0 aromatic heterocycles. The van der Waals surface area contributed by atoms with E-state index in [1.165, 1.54) is 12.1 Å². The van der Waals surface area contributed by atoms with Crippen LogP contribution in [0, 0.1) is 39.2 Å². The Kier molecular flexibility index (Phi) is 14.9. The maximum absolute atomic E-state index is 15.6. The number of nitrogens with zero attached hydrogens (tertiary/aromatic N) is 4. The van der Waals surface area contributed by atoms with Gasteiger partial charge in [0.25, 0.3) is 11.6 Å². The van der Waals surface area contributed by atoms with Gasteiger partial charge in [0.05, 0.1) is 40.9 Å². The number of oxime groups is 1. The van der Waals surface area contributed by atoms with Gasteiger partial charge in [0.1, 0.15) is 28.9 Å². The van der Waals surface area contributed by atoms with Crippen LogP contribution in [0.4, 0.5) is 5.69 Å². The Labute approximate surface area is 403 Å². The Hall–Kier alpha value is -6.85. The van der Waals surface area contributed by atoms with Crippen LogP contribution in [0.15, 0.2) is 139 Å². The number of allylic oxidation sites excluding steroid dienone is 1. The molecule has 1 heterocycles. The molecule has 1 amide bonds. The standard InChI is InChI=1S/C56H60N4O9/c1-5-30-66-56-51(59(54(63)39-24-22-37(35-57)23-25-39)36-41-17-12-16-38-14-6-7-20-45(38)41)34-49(58-69-55(2,3)4)47-31-40(15-8-10-28-61)46(21-9-11-29-62)52(53(47)56)48-33-44(26-27-50(48)68-56)67-43-19-13-18-42(32-43)60(64)65/h5-7,12-14,16-20,22-27,31-33,40,46,51-53,61-62H,1,8-11,15,21,28-30,34,36H2,2-4H3. The second-order valence-corrected chi connectivity index (χ2v) is 19.1. The van der Waals surface area contributed by atoms with Crippen molar-refractivity contribution in [2.75, 3.05) is 19.8 Å². The highest BCUT2D eigenvalue weighted by Gasteiger charge is 2.65. The predicted octanol–water partition coefficient (Wildman–Crippen LogP) is 11.2. The first kappa shape index (κ1) is 48.6. The van der Waals surface area contributed by atoms with Crippen LogP contribution in [-0.4, -0.2) is 68.9 Å². The number of carbonyl (C=O) groups is 1. The molecule has 8 rings (SSSR count). The summed E-state index contributed by atoms with van der Waals surface area (Å²) in [5.41, 5.74) is 3.30. The monoisotopic (exact) mass is 932 g/mol. The number of rotatable bonds is 19. The minimum Gasteiger partial charge on any atom is -0.459 e. The van der Waals surface area contributed by atoms with Crippen molar-refractivity contribution < 1.29 is 39.0 Å². The van der Waals surface area contributed by atoms with Gasteiger partial charge in [-0.1, -0.05) is 78.7 Å². The van der Waals surface area contributed by atoms with Gasteiger partial charge in [0.15, 0.2) is 0 Å². The normalized spacial score (nSPS) is 22.1. The fourth-order valence-electron chi connectivity index (χ4n) is 10.5. The van der Waals surface area contributed by atoms with Crippen LogP contribution >= 0.6 is 0 Å². The number of amides is 1. The number of ether oxygens (including phenoxy) is 3. The number of nitriles is 1. The lowest BCUT2D eigenvalue weighted by Crippen LogP contribution is -2.70. The molecule has 13 heteroatoms. The smallest absolute Gasteiger partial charge is 0.273 e. The molecule has 1 fully saturated rings. The Morgan fingerprint density at radius 3 is 2.41 bits per heavy atom. The van der Waals surface area contributed by atoms with Crippen LogP contribution in [0.2, 0.25) is 0 Å². The molecular formula is C56H60N4O9. The molecule has 0 saturated heterocycles. The van der Waals surface area contributed by atoms with Crippen LogP contribution in [-0.2, 0) is 16.1 Å².